The molecule has 1 aliphatic carbocycles. The van der Waals surface area contributed by atoms with E-state index in [4.69, 9.17) is 5.73 Å². The van der Waals surface area contributed by atoms with Crippen molar-refractivity contribution in [2.24, 2.45) is 5.73 Å². The highest BCUT2D eigenvalue weighted by Gasteiger charge is 2.31. The topological polar surface area (TPSA) is 85.3 Å². The number of fused-ring (bicyclic) bond motifs is 1. The highest BCUT2D eigenvalue weighted by Crippen LogP contribution is 2.47. The van der Waals surface area contributed by atoms with E-state index >= 15 is 0 Å². The molecule has 11 heteroatoms. The Bertz CT molecular complexity index is 1620. The Morgan fingerprint density at radius 1 is 1.18 bits per heavy atom. The number of hydrogen-bond acceptors (Lipinski definition) is 4. The van der Waals surface area contributed by atoms with Gasteiger partial charge in [-0.2, -0.15) is 18.3 Å². The van der Waals surface area contributed by atoms with E-state index in [1.54, 1.807) is 12.1 Å². The first-order valence-corrected chi connectivity index (χ1v) is 12.2. The molecule has 2 heterocycles. The number of anilines is 1. The molecule has 202 valence electrons. The van der Waals surface area contributed by atoms with Crippen LogP contribution in [-0.2, 0) is 0 Å². The van der Waals surface area contributed by atoms with Crippen molar-refractivity contribution in [2.45, 2.75) is 38.3 Å². The zero-order chi connectivity index (χ0) is 28.1. The second kappa shape index (κ2) is 9.79. The molecule has 2 aromatic heterocycles. The standard InChI is InChI=1S/C28H24F5N5O/c1-14(17-4-3-5-20(29)25(17)30)21-12-22(35-11-10-28(31,32)33)27-36-13-23(38(27)37-21)19-9-8-18(26(34)39)15(2)24(19)16-6-7-16/h3-5,8-9,12-13,16,35H,1,6-7,10-11H2,2H3,(H2,34,39). The van der Waals surface area contributed by atoms with Crippen LogP contribution in [0.15, 0.2) is 49.2 Å². The van der Waals surface area contributed by atoms with E-state index in [2.05, 4.69) is 22.0 Å². The van der Waals surface area contributed by atoms with E-state index in [0.29, 0.717) is 11.3 Å². The summed E-state index contributed by atoms with van der Waals surface area (Å²) < 4.78 is 68.6. The van der Waals surface area contributed by atoms with Crippen molar-refractivity contribution < 1.29 is 26.7 Å². The van der Waals surface area contributed by atoms with Crippen LogP contribution in [0.5, 0.6) is 0 Å². The predicted molar refractivity (Wildman–Crippen MR) is 137 cm³/mol. The Labute approximate surface area is 220 Å². The van der Waals surface area contributed by atoms with Gasteiger partial charge in [0.1, 0.15) is 0 Å². The Hall–Kier alpha value is -4.28. The maximum atomic E-state index is 14.6. The number of imidazole rings is 1. The van der Waals surface area contributed by atoms with Gasteiger partial charge in [-0.3, -0.25) is 4.79 Å². The Balaban J connectivity index is 1.69. The van der Waals surface area contributed by atoms with Crippen molar-refractivity contribution in [3.05, 3.63) is 88.8 Å². The lowest BCUT2D eigenvalue weighted by molar-refractivity contribution is -0.131. The van der Waals surface area contributed by atoms with Gasteiger partial charge in [0.25, 0.3) is 0 Å². The summed E-state index contributed by atoms with van der Waals surface area (Å²) in [5, 5.41) is 7.35. The van der Waals surface area contributed by atoms with Crippen molar-refractivity contribution in [1.29, 1.82) is 0 Å². The van der Waals surface area contributed by atoms with E-state index in [1.807, 2.05) is 6.92 Å². The molecule has 1 fully saturated rings. The fourth-order valence-electron chi connectivity index (χ4n) is 4.76. The molecule has 6 nitrogen and oxygen atoms in total. The monoisotopic (exact) mass is 541 g/mol. The van der Waals surface area contributed by atoms with Gasteiger partial charge < -0.3 is 11.1 Å². The van der Waals surface area contributed by atoms with Gasteiger partial charge in [0.05, 0.1) is 29.7 Å². The van der Waals surface area contributed by atoms with Crippen LogP contribution in [0.2, 0.25) is 0 Å². The Morgan fingerprint density at radius 2 is 1.92 bits per heavy atom. The van der Waals surface area contributed by atoms with E-state index in [0.717, 1.165) is 35.6 Å². The van der Waals surface area contributed by atoms with Gasteiger partial charge in [0.2, 0.25) is 5.91 Å². The molecule has 4 aromatic rings. The number of halogens is 5. The minimum atomic E-state index is -4.38. The molecule has 1 aliphatic rings. The summed E-state index contributed by atoms with van der Waals surface area (Å²) >= 11 is 0. The molecule has 0 spiro atoms. The highest BCUT2D eigenvalue weighted by molar-refractivity contribution is 5.96. The summed E-state index contributed by atoms with van der Waals surface area (Å²) in [4.78, 5) is 16.4. The smallest absolute Gasteiger partial charge is 0.382 e. The van der Waals surface area contributed by atoms with Crippen molar-refractivity contribution in [3.8, 4) is 11.3 Å². The molecule has 0 unspecified atom stereocenters. The third-order valence-electron chi connectivity index (χ3n) is 6.82. The van der Waals surface area contributed by atoms with Crippen molar-refractivity contribution >= 4 is 22.8 Å². The van der Waals surface area contributed by atoms with E-state index in [9.17, 15) is 26.7 Å². The molecule has 0 atom stereocenters. The minimum absolute atomic E-state index is 0.0371. The van der Waals surface area contributed by atoms with E-state index in [1.165, 1.54) is 28.9 Å². The number of nitrogens with zero attached hydrogens (tertiary/aromatic N) is 3. The number of rotatable bonds is 8. The fraction of sp³-hybridized carbons (Fsp3) is 0.250. The summed E-state index contributed by atoms with van der Waals surface area (Å²) in [6.45, 7) is 5.27. The number of carbonyl (C=O) groups excluding carboxylic acids is 1. The molecule has 0 aliphatic heterocycles. The quantitative estimate of drug-likeness (QED) is 0.253. The van der Waals surface area contributed by atoms with Crippen LogP contribution in [0.4, 0.5) is 27.6 Å². The average Bonchev–Trinajstić information content (AvgIpc) is 3.61. The summed E-state index contributed by atoms with van der Waals surface area (Å²) in [6.07, 6.45) is -2.09. The second-order valence-corrected chi connectivity index (χ2v) is 9.53. The first kappa shape index (κ1) is 26.3. The second-order valence-electron chi connectivity index (χ2n) is 9.53. The number of aromatic nitrogens is 3. The van der Waals surface area contributed by atoms with Crippen molar-refractivity contribution in [2.75, 3.05) is 11.9 Å². The number of hydrogen-bond donors (Lipinski definition) is 2. The molecule has 0 radical (unpaired) electrons. The highest BCUT2D eigenvalue weighted by atomic mass is 19.4. The molecule has 1 saturated carbocycles. The first-order valence-electron chi connectivity index (χ1n) is 12.2. The SMILES string of the molecule is C=C(c1cc(NCCC(F)(F)F)c2ncc(-c3ccc(C(N)=O)c(C)c3C3CC3)n2n1)c1cccc(F)c1F. The molecule has 1 amide bonds. The molecule has 39 heavy (non-hydrogen) atoms. The Morgan fingerprint density at radius 3 is 2.59 bits per heavy atom. The third-order valence-corrected chi connectivity index (χ3v) is 6.82. The maximum absolute atomic E-state index is 14.6. The molecule has 0 bridgehead atoms. The predicted octanol–water partition coefficient (Wildman–Crippen LogP) is 6.39. The minimum Gasteiger partial charge on any atom is -0.382 e. The zero-order valence-corrected chi connectivity index (χ0v) is 20.9. The van der Waals surface area contributed by atoms with Crippen molar-refractivity contribution in [1.82, 2.24) is 14.6 Å². The zero-order valence-electron chi connectivity index (χ0n) is 20.9. The normalized spacial score (nSPS) is 13.6. The largest absolute Gasteiger partial charge is 0.390 e. The average molecular weight is 542 g/mol. The molecule has 2 aromatic carbocycles. The first-order chi connectivity index (χ1) is 18.5. The van der Waals surface area contributed by atoms with Gasteiger partial charge >= 0.3 is 6.18 Å². The van der Waals surface area contributed by atoms with Crippen LogP contribution in [-0.4, -0.2) is 33.2 Å². The molecular weight excluding hydrogens is 517 g/mol. The number of primary amides is 1. The van der Waals surface area contributed by atoms with E-state index < -0.39 is 36.7 Å². The fourth-order valence-corrected chi connectivity index (χ4v) is 4.76. The molecule has 0 saturated heterocycles. The number of benzene rings is 2. The summed E-state index contributed by atoms with van der Waals surface area (Å²) in [5.74, 6) is -2.53. The molecule has 5 rings (SSSR count). The third kappa shape index (κ3) is 5.08. The number of amides is 1. The summed E-state index contributed by atoms with van der Waals surface area (Å²) in [6, 6.07) is 8.42. The van der Waals surface area contributed by atoms with Gasteiger partial charge in [0.15, 0.2) is 17.3 Å². The summed E-state index contributed by atoms with van der Waals surface area (Å²) in [5.41, 5.74) is 9.34. The Kier molecular flexibility index (Phi) is 6.61. The van der Waals surface area contributed by atoms with Gasteiger partial charge in [-0.05, 0) is 55.0 Å². The van der Waals surface area contributed by atoms with Crippen molar-refractivity contribution in [3.63, 3.8) is 0 Å². The number of carbonyl (C=O) groups is 1. The number of nitrogens with one attached hydrogen (secondary N) is 1. The van der Waals surface area contributed by atoms with Gasteiger partial charge in [-0.1, -0.05) is 24.8 Å². The van der Waals surface area contributed by atoms with Gasteiger partial charge in [0, 0.05) is 28.8 Å². The number of nitrogens with two attached hydrogens (primary N) is 1. The van der Waals surface area contributed by atoms with Crippen LogP contribution in [0.3, 0.4) is 0 Å². The number of alkyl halides is 3. The summed E-state index contributed by atoms with van der Waals surface area (Å²) in [7, 11) is 0. The maximum Gasteiger partial charge on any atom is 0.390 e. The van der Waals surface area contributed by atoms with Gasteiger partial charge in [-0.25, -0.2) is 18.3 Å². The molecule has 3 N–H and O–H groups in total. The van der Waals surface area contributed by atoms with Crippen LogP contribution < -0.4 is 11.1 Å². The van der Waals surface area contributed by atoms with Crippen LogP contribution >= 0.6 is 0 Å². The van der Waals surface area contributed by atoms with Crippen LogP contribution in [0.25, 0.3) is 22.5 Å². The van der Waals surface area contributed by atoms with Crippen LogP contribution in [0.1, 0.15) is 57.9 Å². The van der Waals surface area contributed by atoms with Gasteiger partial charge in [-0.15, -0.1) is 0 Å². The van der Waals surface area contributed by atoms with Crippen LogP contribution in [0, 0.1) is 18.6 Å². The van der Waals surface area contributed by atoms with E-state index in [-0.39, 0.29) is 34.1 Å². The lowest BCUT2D eigenvalue weighted by atomic mass is 9.92. The molecular formula is C28H24F5N5O. The lowest BCUT2D eigenvalue weighted by Gasteiger charge is -2.16. The lowest BCUT2D eigenvalue weighted by Crippen LogP contribution is -2.16.